The van der Waals surface area contributed by atoms with E-state index in [2.05, 4.69) is 31.2 Å². The summed E-state index contributed by atoms with van der Waals surface area (Å²) >= 11 is 6.24. The van der Waals surface area contributed by atoms with Crippen molar-refractivity contribution in [3.63, 3.8) is 0 Å². The normalized spacial score (nSPS) is 25.8. The third-order valence-electron chi connectivity index (χ3n) is 4.48. The van der Waals surface area contributed by atoms with Gasteiger partial charge in [-0.25, -0.2) is 4.68 Å². The number of anilines is 1. The molecule has 4 nitrogen and oxygen atoms in total. The van der Waals surface area contributed by atoms with Crippen LogP contribution < -0.4 is 10.9 Å². The van der Waals surface area contributed by atoms with E-state index in [0.717, 1.165) is 25.2 Å². The van der Waals surface area contributed by atoms with Crippen molar-refractivity contribution in [3.05, 3.63) is 21.6 Å². The number of hydrogen-bond acceptors (Lipinski definition) is 3. The van der Waals surface area contributed by atoms with Crippen molar-refractivity contribution in [3.8, 4) is 0 Å². The van der Waals surface area contributed by atoms with Gasteiger partial charge in [0.25, 0.3) is 5.56 Å². The van der Waals surface area contributed by atoms with Gasteiger partial charge in [0.15, 0.2) is 0 Å². The van der Waals surface area contributed by atoms with Gasteiger partial charge in [-0.05, 0) is 37.5 Å². The first kappa shape index (κ1) is 16.3. The van der Waals surface area contributed by atoms with E-state index in [-0.39, 0.29) is 10.6 Å². The largest absolute Gasteiger partial charge is 0.379 e. The second-order valence-corrected chi connectivity index (χ2v) is 6.78. The maximum Gasteiger partial charge on any atom is 0.287 e. The van der Waals surface area contributed by atoms with Crippen LogP contribution in [0.25, 0.3) is 0 Å². The van der Waals surface area contributed by atoms with Crippen LogP contribution in [0.5, 0.6) is 0 Å². The number of rotatable bonds is 5. The molecule has 1 aromatic heterocycles. The lowest BCUT2D eigenvalue weighted by Crippen LogP contribution is -2.34. The first-order valence-electron chi connectivity index (χ1n) is 8.05. The number of unbranched alkanes of at least 4 members (excludes halogenated alkanes) is 1. The highest BCUT2D eigenvalue weighted by molar-refractivity contribution is 6.32. The summed E-state index contributed by atoms with van der Waals surface area (Å²) in [6, 6.07) is 0.381. The molecule has 1 saturated carbocycles. The van der Waals surface area contributed by atoms with Crippen molar-refractivity contribution in [2.24, 2.45) is 11.8 Å². The van der Waals surface area contributed by atoms with Crippen molar-refractivity contribution in [1.29, 1.82) is 0 Å². The molecule has 0 saturated heterocycles. The van der Waals surface area contributed by atoms with Crippen molar-refractivity contribution >= 4 is 17.3 Å². The molecule has 3 unspecified atom stereocenters. The zero-order valence-electron chi connectivity index (χ0n) is 13.2. The molecule has 0 bridgehead atoms. The highest BCUT2D eigenvalue weighted by Crippen LogP contribution is 2.31. The summed E-state index contributed by atoms with van der Waals surface area (Å²) in [5, 5.41) is 7.95. The van der Waals surface area contributed by atoms with Crippen molar-refractivity contribution in [1.82, 2.24) is 9.78 Å². The Morgan fingerprint density at radius 1 is 1.43 bits per heavy atom. The smallest absolute Gasteiger partial charge is 0.287 e. The number of nitrogens with zero attached hydrogens (tertiary/aromatic N) is 2. The zero-order valence-corrected chi connectivity index (χ0v) is 14.0. The Kier molecular flexibility index (Phi) is 5.68. The van der Waals surface area contributed by atoms with Crippen LogP contribution in [0.3, 0.4) is 0 Å². The Morgan fingerprint density at radius 3 is 2.86 bits per heavy atom. The average Bonchev–Trinajstić information content (AvgIpc) is 2.45. The topological polar surface area (TPSA) is 46.9 Å². The summed E-state index contributed by atoms with van der Waals surface area (Å²) in [5.41, 5.74) is 0.493. The predicted molar refractivity (Wildman–Crippen MR) is 88.0 cm³/mol. The maximum atomic E-state index is 12.2. The minimum Gasteiger partial charge on any atom is -0.379 e. The molecule has 1 aliphatic rings. The van der Waals surface area contributed by atoms with Crippen LogP contribution in [-0.4, -0.2) is 15.8 Å². The van der Waals surface area contributed by atoms with E-state index in [1.54, 1.807) is 6.20 Å². The molecular formula is C16H26ClN3O. The minimum absolute atomic E-state index is 0.188. The molecular weight excluding hydrogens is 286 g/mol. The lowest BCUT2D eigenvalue weighted by Gasteiger charge is -2.33. The number of nitrogens with one attached hydrogen (secondary N) is 1. The van der Waals surface area contributed by atoms with E-state index in [4.69, 9.17) is 11.6 Å². The lowest BCUT2D eigenvalue weighted by molar-refractivity contribution is 0.276. The molecule has 0 aliphatic heterocycles. The highest BCUT2D eigenvalue weighted by atomic mass is 35.5. The molecule has 2 rings (SSSR count). The SMILES string of the molecule is CCCCn1ncc(NC2CCC(C)CC2C)c(Cl)c1=O. The summed E-state index contributed by atoms with van der Waals surface area (Å²) in [7, 11) is 0. The van der Waals surface area contributed by atoms with Gasteiger partial charge in [-0.3, -0.25) is 4.79 Å². The Labute approximate surface area is 131 Å². The van der Waals surface area contributed by atoms with Gasteiger partial charge in [-0.2, -0.15) is 5.10 Å². The Hall–Kier alpha value is -1.03. The Balaban J connectivity index is 2.10. The molecule has 3 atom stereocenters. The molecule has 21 heavy (non-hydrogen) atoms. The van der Waals surface area contributed by atoms with E-state index in [1.165, 1.54) is 17.5 Å². The Bertz CT molecular complexity index is 529. The fourth-order valence-electron chi connectivity index (χ4n) is 3.11. The summed E-state index contributed by atoms with van der Waals surface area (Å²) < 4.78 is 1.46. The van der Waals surface area contributed by atoms with Gasteiger partial charge in [0.05, 0.1) is 11.9 Å². The van der Waals surface area contributed by atoms with Crippen LogP contribution >= 0.6 is 11.6 Å². The maximum absolute atomic E-state index is 12.2. The first-order chi connectivity index (χ1) is 10.0. The van der Waals surface area contributed by atoms with Crippen LogP contribution in [0.15, 0.2) is 11.0 Å². The third kappa shape index (κ3) is 4.00. The molecule has 1 aromatic rings. The molecule has 1 fully saturated rings. The first-order valence-corrected chi connectivity index (χ1v) is 8.42. The summed E-state index contributed by atoms with van der Waals surface area (Å²) in [6.07, 6.45) is 7.23. The summed E-state index contributed by atoms with van der Waals surface area (Å²) in [6.45, 7) is 7.29. The molecule has 1 heterocycles. The molecule has 5 heteroatoms. The van der Waals surface area contributed by atoms with Gasteiger partial charge in [0.2, 0.25) is 0 Å². The van der Waals surface area contributed by atoms with Gasteiger partial charge in [-0.15, -0.1) is 0 Å². The van der Waals surface area contributed by atoms with Gasteiger partial charge >= 0.3 is 0 Å². The van der Waals surface area contributed by atoms with Crippen molar-refractivity contribution < 1.29 is 0 Å². The van der Waals surface area contributed by atoms with Gasteiger partial charge in [-0.1, -0.05) is 38.8 Å². The van der Waals surface area contributed by atoms with Crippen LogP contribution in [-0.2, 0) is 6.54 Å². The van der Waals surface area contributed by atoms with E-state index < -0.39 is 0 Å². The van der Waals surface area contributed by atoms with Crippen LogP contribution in [0.4, 0.5) is 5.69 Å². The number of aryl methyl sites for hydroxylation is 1. The van der Waals surface area contributed by atoms with Crippen LogP contribution in [0.2, 0.25) is 5.02 Å². The summed E-state index contributed by atoms with van der Waals surface area (Å²) in [5.74, 6) is 1.38. The Morgan fingerprint density at radius 2 is 2.19 bits per heavy atom. The van der Waals surface area contributed by atoms with Gasteiger partial charge in [0.1, 0.15) is 5.02 Å². The van der Waals surface area contributed by atoms with Crippen LogP contribution in [0.1, 0.15) is 52.9 Å². The molecule has 0 aromatic carbocycles. The molecule has 1 aliphatic carbocycles. The van der Waals surface area contributed by atoms with E-state index in [1.807, 2.05) is 0 Å². The second kappa shape index (κ2) is 7.30. The fourth-order valence-corrected chi connectivity index (χ4v) is 3.31. The standard InChI is InChI=1S/C16H26ClN3O/c1-4-5-8-20-16(21)15(17)14(10-18-20)19-13-7-6-11(2)9-12(13)3/h10-13,19H,4-9H2,1-3H3. The molecule has 0 radical (unpaired) electrons. The predicted octanol–water partition coefficient (Wildman–Crippen LogP) is 3.93. The number of hydrogen-bond donors (Lipinski definition) is 1. The van der Waals surface area contributed by atoms with Gasteiger partial charge < -0.3 is 5.32 Å². The quantitative estimate of drug-likeness (QED) is 0.896. The third-order valence-corrected chi connectivity index (χ3v) is 4.85. The lowest BCUT2D eigenvalue weighted by atomic mass is 9.80. The van der Waals surface area contributed by atoms with Crippen molar-refractivity contribution in [2.45, 2.75) is 65.5 Å². The van der Waals surface area contributed by atoms with Crippen LogP contribution in [0, 0.1) is 11.8 Å². The van der Waals surface area contributed by atoms with E-state index in [9.17, 15) is 4.79 Å². The summed E-state index contributed by atoms with van der Waals surface area (Å²) in [4.78, 5) is 12.2. The molecule has 0 spiro atoms. The number of aromatic nitrogens is 2. The van der Waals surface area contributed by atoms with E-state index in [0.29, 0.717) is 24.2 Å². The molecule has 1 N–H and O–H groups in total. The highest BCUT2D eigenvalue weighted by Gasteiger charge is 2.26. The monoisotopic (exact) mass is 311 g/mol. The zero-order chi connectivity index (χ0) is 15.4. The second-order valence-electron chi connectivity index (χ2n) is 6.40. The van der Waals surface area contributed by atoms with E-state index >= 15 is 0 Å². The fraction of sp³-hybridized carbons (Fsp3) is 0.750. The molecule has 0 amide bonds. The molecule has 118 valence electrons. The average molecular weight is 312 g/mol. The van der Waals surface area contributed by atoms with Crippen molar-refractivity contribution in [2.75, 3.05) is 5.32 Å². The number of halogens is 1. The minimum atomic E-state index is -0.188. The van der Waals surface area contributed by atoms with Gasteiger partial charge in [0, 0.05) is 12.6 Å².